The van der Waals surface area contributed by atoms with Gasteiger partial charge in [0.25, 0.3) is 0 Å². The van der Waals surface area contributed by atoms with Gasteiger partial charge in [-0.05, 0) is 71.5 Å². The van der Waals surface area contributed by atoms with Crippen molar-refractivity contribution < 1.29 is 33.3 Å². The first-order valence-electron chi connectivity index (χ1n) is 14.9. The minimum atomic E-state index is -0.961. The van der Waals surface area contributed by atoms with Gasteiger partial charge >= 0.3 is 5.97 Å². The second-order valence-electron chi connectivity index (χ2n) is 11.5. The molecule has 3 aromatic carbocycles. The molecule has 0 bridgehead atoms. The van der Waals surface area contributed by atoms with E-state index < -0.39 is 23.8 Å². The molecule has 9 nitrogen and oxygen atoms in total. The normalized spacial score (nSPS) is 19.2. The molecule has 0 saturated carbocycles. The number of nitrogens with zero attached hydrogens (tertiary/aromatic N) is 3. The maximum absolute atomic E-state index is 14.4. The van der Waals surface area contributed by atoms with E-state index in [0.717, 1.165) is 27.9 Å². The lowest BCUT2D eigenvalue weighted by Gasteiger charge is -2.30. The Morgan fingerprint density at radius 1 is 1.00 bits per heavy atom. The first kappa shape index (κ1) is 31.1. The number of aliphatic carboxylic acids is 1. The Morgan fingerprint density at radius 2 is 1.66 bits per heavy atom. The van der Waals surface area contributed by atoms with Crippen LogP contribution in [-0.2, 0) is 22.4 Å². The number of carboxylic acids is 1. The summed E-state index contributed by atoms with van der Waals surface area (Å²) in [6.45, 7) is 4.21. The Bertz CT molecular complexity index is 1520. The lowest BCUT2D eigenvalue weighted by molar-refractivity contribution is -0.143. The van der Waals surface area contributed by atoms with E-state index in [4.69, 9.17) is 14.2 Å². The molecule has 1 N–H and O–H groups in total. The number of hydrogen-bond acceptors (Lipinski definition) is 7. The number of likely N-dealkylation sites (tertiary alicyclic amines) is 1. The Labute approximate surface area is 257 Å². The Kier molecular flexibility index (Phi) is 9.01. The maximum atomic E-state index is 14.4. The predicted octanol–water partition coefficient (Wildman–Crippen LogP) is 5.26. The third-order valence-electron chi connectivity index (χ3n) is 8.79. The zero-order chi connectivity index (χ0) is 31.7. The van der Waals surface area contributed by atoms with Crippen LogP contribution in [-0.4, -0.2) is 70.0 Å². The van der Waals surface area contributed by atoms with Crippen LogP contribution in [0.1, 0.15) is 48.1 Å². The molecule has 2 aliphatic rings. The molecule has 44 heavy (non-hydrogen) atoms. The zero-order valence-electron chi connectivity index (χ0n) is 26.1. The van der Waals surface area contributed by atoms with Crippen molar-refractivity contribution >= 4 is 23.3 Å². The van der Waals surface area contributed by atoms with Crippen LogP contribution in [0.4, 0.5) is 15.8 Å². The first-order chi connectivity index (χ1) is 21.1. The molecule has 1 amide bonds. The van der Waals surface area contributed by atoms with Gasteiger partial charge in [0.15, 0.2) is 11.5 Å². The Morgan fingerprint density at radius 3 is 2.23 bits per heavy atom. The number of amides is 1. The molecule has 1 fully saturated rings. The second-order valence-corrected chi connectivity index (χ2v) is 11.5. The molecule has 0 radical (unpaired) electrons. The van der Waals surface area contributed by atoms with Crippen LogP contribution < -0.4 is 24.0 Å². The molecular formula is C34H40FN3O6. The average Bonchev–Trinajstić information content (AvgIpc) is 3.64. The number of carbonyl (C=O) groups excluding carboxylic acids is 1. The van der Waals surface area contributed by atoms with Gasteiger partial charge in [-0.3, -0.25) is 14.5 Å². The number of benzene rings is 3. The van der Waals surface area contributed by atoms with Gasteiger partial charge in [0.05, 0.1) is 19.6 Å². The molecule has 2 heterocycles. The van der Waals surface area contributed by atoms with Crippen molar-refractivity contribution in [1.29, 1.82) is 0 Å². The summed E-state index contributed by atoms with van der Waals surface area (Å²) in [7, 11) is 7.13. The molecule has 5 rings (SSSR count). The van der Waals surface area contributed by atoms with Crippen molar-refractivity contribution in [1.82, 2.24) is 4.90 Å². The van der Waals surface area contributed by atoms with Crippen molar-refractivity contribution in [3.05, 3.63) is 76.6 Å². The quantitative estimate of drug-likeness (QED) is 0.335. The lowest BCUT2D eigenvalue weighted by atomic mass is 9.82. The molecule has 0 aromatic heterocycles. The number of fused-ring (bicyclic) bond motifs is 1. The van der Waals surface area contributed by atoms with Gasteiger partial charge in [-0.25, -0.2) is 4.39 Å². The average molecular weight is 606 g/mol. The van der Waals surface area contributed by atoms with Gasteiger partial charge in [-0.1, -0.05) is 26.0 Å². The number of methoxy groups -OCH3 is 1. The van der Waals surface area contributed by atoms with Gasteiger partial charge in [0, 0.05) is 51.0 Å². The SMILES string of the molecule is CCc1cc(F)cc(CC)c1N(C)C(=O)CN1C[C@H](c2cc(OC)c3c(c2)OCO3)[C@@H](C(=O)O)[C@@H]1c1ccc(N(C)C)cc1. The number of ether oxygens (including phenoxy) is 3. The van der Waals surface area contributed by atoms with Crippen molar-refractivity contribution in [2.24, 2.45) is 5.92 Å². The number of carboxylic acid groups (broad SMARTS) is 1. The summed E-state index contributed by atoms with van der Waals surface area (Å²) in [5.41, 5.74) is 4.73. The molecule has 1 saturated heterocycles. The summed E-state index contributed by atoms with van der Waals surface area (Å²) in [4.78, 5) is 32.6. The molecule has 2 aliphatic heterocycles. The predicted molar refractivity (Wildman–Crippen MR) is 167 cm³/mol. The van der Waals surface area contributed by atoms with E-state index in [9.17, 15) is 19.1 Å². The molecule has 234 valence electrons. The maximum Gasteiger partial charge on any atom is 0.309 e. The summed E-state index contributed by atoms with van der Waals surface area (Å²) in [5, 5.41) is 10.7. The Hall–Kier alpha value is -4.31. The number of hydrogen-bond donors (Lipinski definition) is 1. The molecule has 0 spiro atoms. The van der Waals surface area contributed by atoms with E-state index in [0.29, 0.717) is 42.3 Å². The minimum absolute atomic E-state index is 0.0255. The van der Waals surface area contributed by atoms with Crippen molar-refractivity contribution in [2.75, 3.05) is 57.9 Å². The summed E-state index contributed by atoms with van der Waals surface area (Å²) in [5.74, 6) is -1.38. The number of rotatable bonds is 10. The number of likely N-dealkylation sites (N-methyl/N-ethyl adjacent to an activating group) is 1. The fourth-order valence-corrected chi connectivity index (χ4v) is 6.55. The van der Waals surface area contributed by atoms with E-state index in [2.05, 4.69) is 0 Å². The fraction of sp³-hybridized carbons (Fsp3) is 0.412. The number of halogens is 1. The van der Waals surface area contributed by atoms with Crippen LogP contribution >= 0.6 is 0 Å². The van der Waals surface area contributed by atoms with Crippen LogP contribution in [0, 0.1) is 11.7 Å². The molecule has 3 atom stereocenters. The number of carbonyl (C=O) groups is 2. The second kappa shape index (κ2) is 12.7. The topological polar surface area (TPSA) is 91.8 Å². The first-order valence-corrected chi connectivity index (χ1v) is 14.9. The molecule has 10 heteroatoms. The highest BCUT2D eigenvalue weighted by molar-refractivity contribution is 5.96. The largest absolute Gasteiger partial charge is 0.493 e. The third-order valence-corrected chi connectivity index (χ3v) is 8.79. The van der Waals surface area contributed by atoms with E-state index in [1.54, 1.807) is 18.0 Å². The van der Waals surface area contributed by atoms with Crippen molar-refractivity contribution in [2.45, 2.75) is 38.6 Å². The smallest absolute Gasteiger partial charge is 0.309 e. The van der Waals surface area contributed by atoms with Gasteiger partial charge < -0.3 is 29.1 Å². The lowest BCUT2D eigenvalue weighted by Crippen LogP contribution is -2.40. The standard InChI is InChI=1S/C34H40FN3O6/c1-7-20-13-24(35)14-21(8-2)31(20)37(5)29(39)18-38-17-26(23-15-27(42-6)33-28(16-23)43-19-44-33)30(34(40)41)32(38)22-9-11-25(12-10-22)36(3)4/h9-16,26,30,32H,7-8,17-19H2,1-6H3,(H,40,41)/t26-,30-,32+/m1/s1. The van der Waals surface area contributed by atoms with Crippen LogP contribution in [0.2, 0.25) is 0 Å². The fourth-order valence-electron chi connectivity index (χ4n) is 6.55. The monoisotopic (exact) mass is 605 g/mol. The highest BCUT2D eigenvalue weighted by atomic mass is 19.1. The van der Waals surface area contributed by atoms with E-state index in [-0.39, 0.29) is 25.1 Å². The van der Waals surface area contributed by atoms with E-state index >= 15 is 0 Å². The van der Waals surface area contributed by atoms with Gasteiger partial charge in [0.2, 0.25) is 18.4 Å². The summed E-state index contributed by atoms with van der Waals surface area (Å²) < 4.78 is 31.1. The van der Waals surface area contributed by atoms with Crippen LogP contribution in [0.25, 0.3) is 0 Å². The summed E-state index contributed by atoms with van der Waals surface area (Å²) in [6.07, 6.45) is 1.13. The van der Waals surface area contributed by atoms with Gasteiger partial charge in [0.1, 0.15) is 5.82 Å². The molecule has 3 aromatic rings. The van der Waals surface area contributed by atoms with Crippen molar-refractivity contribution in [3.8, 4) is 17.2 Å². The Balaban J connectivity index is 1.55. The van der Waals surface area contributed by atoms with Crippen LogP contribution in [0.3, 0.4) is 0 Å². The molecule has 0 unspecified atom stereocenters. The van der Waals surface area contributed by atoms with E-state index in [1.807, 2.05) is 68.1 Å². The molecular weight excluding hydrogens is 565 g/mol. The van der Waals surface area contributed by atoms with Gasteiger partial charge in [-0.15, -0.1) is 0 Å². The summed E-state index contributed by atoms with van der Waals surface area (Å²) in [6, 6.07) is 13.8. The minimum Gasteiger partial charge on any atom is -0.493 e. The zero-order valence-corrected chi connectivity index (χ0v) is 26.1. The third kappa shape index (κ3) is 5.78. The number of aryl methyl sites for hydroxylation is 2. The highest BCUT2D eigenvalue weighted by Gasteiger charge is 2.48. The number of anilines is 2. The van der Waals surface area contributed by atoms with E-state index in [1.165, 1.54) is 19.2 Å². The van der Waals surface area contributed by atoms with Crippen molar-refractivity contribution in [3.63, 3.8) is 0 Å². The highest BCUT2D eigenvalue weighted by Crippen LogP contribution is 2.50. The van der Waals surface area contributed by atoms with Gasteiger partial charge in [-0.2, -0.15) is 0 Å². The molecule has 0 aliphatic carbocycles. The van der Waals surface area contributed by atoms with Crippen LogP contribution in [0.5, 0.6) is 17.2 Å². The summed E-state index contributed by atoms with van der Waals surface area (Å²) >= 11 is 0. The van der Waals surface area contributed by atoms with Crippen LogP contribution in [0.15, 0.2) is 48.5 Å².